The summed E-state index contributed by atoms with van der Waals surface area (Å²) < 4.78 is 0. The Labute approximate surface area is 134 Å². The Morgan fingerprint density at radius 2 is 1.91 bits per heavy atom. The molecular weight excluding hydrogens is 274 g/mol. The molecule has 1 aromatic carbocycles. The zero-order valence-corrected chi connectivity index (χ0v) is 13.7. The fourth-order valence-electron chi connectivity index (χ4n) is 2.87. The summed E-state index contributed by atoms with van der Waals surface area (Å²) in [7, 11) is 0. The van der Waals surface area contributed by atoms with E-state index < -0.39 is 0 Å². The quantitative estimate of drug-likeness (QED) is 0.761. The van der Waals surface area contributed by atoms with Crippen molar-refractivity contribution in [2.24, 2.45) is 0 Å². The molecule has 22 heavy (non-hydrogen) atoms. The van der Waals surface area contributed by atoms with Gasteiger partial charge >= 0.3 is 6.03 Å². The molecule has 0 atom stereocenters. The van der Waals surface area contributed by atoms with E-state index >= 15 is 0 Å². The fourth-order valence-corrected chi connectivity index (χ4v) is 2.87. The van der Waals surface area contributed by atoms with E-state index in [0.29, 0.717) is 6.04 Å². The van der Waals surface area contributed by atoms with Crippen molar-refractivity contribution in [3.05, 3.63) is 35.9 Å². The van der Waals surface area contributed by atoms with Gasteiger partial charge in [0.15, 0.2) is 0 Å². The monoisotopic (exact) mass is 303 g/mol. The lowest BCUT2D eigenvalue weighted by molar-refractivity contribution is 0.176. The van der Waals surface area contributed by atoms with Crippen molar-refractivity contribution in [2.45, 2.75) is 45.1 Å². The summed E-state index contributed by atoms with van der Waals surface area (Å²) in [5.41, 5.74) is 1.41. The van der Waals surface area contributed by atoms with E-state index in [4.69, 9.17) is 0 Å². The highest BCUT2D eigenvalue weighted by atomic mass is 16.2. The first-order chi connectivity index (χ1) is 10.8. The maximum absolute atomic E-state index is 11.9. The number of urea groups is 1. The molecule has 2 amide bonds. The van der Waals surface area contributed by atoms with Gasteiger partial charge in [0.2, 0.25) is 0 Å². The van der Waals surface area contributed by atoms with Crippen molar-refractivity contribution in [1.29, 1.82) is 0 Å². The number of amides is 2. The third-order valence-corrected chi connectivity index (χ3v) is 4.23. The van der Waals surface area contributed by atoms with E-state index in [1.165, 1.54) is 12.0 Å². The van der Waals surface area contributed by atoms with Crippen LogP contribution >= 0.6 is 0 Å². The van der Waals surface area contributed by atoms with Crippen LogP contribution in [-0.2, 0) is 6.42 Å². The van der Waals surface area contributed by atoms with E-state index in [9.17, 15) is 4.79 Å². The molecule has 0 spiro atoms. The third-order valence-electron chi connectivity index (χ3n) is 4.23. The Hall–Kier alpha value is -1.55. The molecule has 0 saturated carbocycles. The zero-order valence-electron chi connectivity index (χ0n) is 13.7. The minimum Gasteiger partial charge on any atom is -0.338 e. The van der Waals surface area contributed by atoms with Gasteiger partial charge in [-0.25, -0.2) is 4.79 Å². The smallest absolute Gasteiger partial charge is 0.317 e. The highest BCUT2D eigenvalue weighted by Crippen LogP contribution is 2.10. The van der Waals surface area contributed by atoms with Crippen LogP contribution in [0.4, 0.5) is 4.79 Å². The first-order valence-electron chi connectivity index (χ1n) is 8.59. The lowest BCUT2D eigenvalue weighted by Crippen LogP contribution is -2.48. The van der Waals surface area contributed by atoms with Gasteiger partial charge in [-0.15, -0.1) is 0 Å². The lowest BCUT2D eigenvalue weighted by atomic mass is 10.0. The van der Waals surface area contributed by atoms with Gasteiger partial charge < -0.3 is 15.5 Å². The van der Waals surface area contributed by atoms with Crippen LogP contribution in [0.2, 0.25) is 0 Å². The molecule has 2 rings (SSSR count). The minimum atomic E-state index is 0.101. The molecule has 1 aliphatic rings. The van der Waals surface area contributed by atoms with Crippen LogP contribution < -0.4 is 10.6 Å². The average molecular weight is 303 g/mol. The second-order valence-corrected chi connectivity index (χ2v) is 6.04. The molecule has 0 aliphatic carbocycles. The number of carbonyl (C=O) groups is 1. The van der Waals surface area contributed by atoms with Crippen LogP contribution in [0.25, 0.3) is 0 Å². The van der Waals surface area contributed by atoms with Crippen molar-refractivity contribution in [2.75, 3.05) is 26.2 Å². The molecule has 1 saturated heterocycles. The molecule has 1 aliphatic heterocycles. The molecule has 1 heterocycles. The van der Waals surface area contributed by atoms with Crippen molar-refractivity contribution >= 4 is 6.03 Å². The fraction of sp³-hybridized carbons (Fsp3) is 0.611. The molecule has 4 heteroatoms. The van der Waals surface area contributed by atoms with Gasteiger partial charge in [0.1, 0.15) is 0 Å². The molecule has 2 N–H and O–H groups in total. The zero-order chi connectivity index (χ0) is 15.6. The van der Waals surface area contributed by atoms with Gasteiger partial charge in [-0.05, 0) is 44.2 Å². The standard InChI is InChI=1S/C18H29N3O/c1-2-12-20-18(22)21-14-10-17(11-15-21)19-13-6-9-16-7-4-3-5-8-16/h3-5,7-8,17,19H,2,6,9-15H2,1H3,(H,20,22). The number of carbonyl (C=O) groups excluding carboxylic acids is 1. The van der Waals surface area contributed by atoms with Crippen LogP contribution in [0.3, 0.4) is 0 Å². The Kier molecular flexibility index (Phi) is 7.23. The number of nitrogens with zero attached hydrogens (tertiary/aromatic N) is 1. The molecule has 4 nitrogen and oxygen atoms in total. The third kappa shape index (κ3) is 5.68. The van der Waals surface area contributed by atoms with E-state index in [0.717, 1.165) is 51.9 Å². The van der Waals surface area contributed by atoms with Gasteiger partial charge in [-0.3, -0.25) is 0 Å². The molecule has 0 bridgehead atoms. The Balaban J connectivity index is 1.56. The Morgan fingerprint density at radius 1 is 1.18 bits per heavy atom. The molecule has 122 valence electrons. The van der Waals surface area contributed by atoms with E-state index in [1.54, 1.807) is 0 Å². The number of rotatable bonds is 7. The maximum Gasteiger partial charge on any atom is 0.317 e. The number of hydrogen-bond donors (Lipinski definition) is 2. The largest absolute Gasteiger partial charge is 0.338 e. The summed E-state index contributed by atoms with van der Waals surface area (Å²) in [6, 6.07) is 11.3. The van der Waals surface area contributed by atoms with Crippen LogP contribution in [0.1, 0.15) is 38.2 Å². The van der Waals surface area contributed by atoms with E-state index in [-0.39, 0.29) is 6.03 Å². The van der Waals surface area contributed by atoms with Crippen molar-refractivity contribution in [1.82, 2.24) is 15.5 Å². The van der Waals surface area contributed by atoms with Crippen LogP contribution in [0.5, 0.6) is 0 Å². The van der Waals surface area contributed by atoms with E-state index in [2.05, 4.69) is 47.9 Å². The molecule has 0 unspecified atom stereocenters. The van der Waals surface area contributed by atoms with Gasteiger partial charge in [0, 0.05) is 25.7 Å². The van der Waals surface area contributed by atoms with Gasteiger partial charge in [0.25, 0.3) is 0 Å². The van der Waals surface area contributed by atoms with Crippen LogP contribution in [0.15, 0.2) is 30.3 Å². The number of nitrogens with one attached hydrogen (secondary N) is 2. The summed E-state index contributed by atoms with van der Waals surface area (Å²) in [5.74, 6) is 0. The Morgan fingerprint density at radius 3 is 2.59 bits per heavy atom. The topological polar surface area (TPSA) is 44.4 Å². The number of benzene rings is 1. The van der Waals surface area contributed by atoms with Crippen LogP contribution in [-0.4, -0.2) is 43.2 Å². The highest BCUT2D eigenvalue weighted by Gasteiger charge is 2.21. The summed E-state index contributed by atoms with van der Waals surface area (Å²) in [6.45, 7) is 5.64. The molecule has 0 radical (unpaired) electrons. The van der Waals surface area contributed by atoms with Gasteiger partial charge in [-0.2, -0.15) is 0 Å². The summed E-state index contributed by atoms with van der Waals surface area (Å²) in [4.78, 5) is 13.8. The summed E-state index contributed by atoms with van der Waals surface area (Å²) in [5, 5.41) is 6.59. The first-order valence-corrected chi connectivity index (χ1v) is 8.59. The van der Waals surface area contributed by atoms with Crippen molar-refractivity contribution in [3.8, 4) is 0 Å². The Bertz CT molecular complexity index is 427. The van der Waals surface area contributed by atoms with Gasteiger partial charge in [-0.1, -0.05) is 37.3 Å². The van der Waals surface area contributed by atoms with Crippen molar-refractivity contribution < 1.29 is 4.79 Å². The predicted octanol–water partition coefficient (Wildman–Crippen LogP) is 2.79. The number of likely N-dealkylation sites (tertiary alicyclic amines) is 1. The van der Waals surface area contributed by atoms with Crippen molar-refractivity contribution in [3.63, 3.8) is 0 Å². The normalized spacial score (nSPS) is 15.8. The molecule has 1 fully saturated rings. The highest BCUT2D eigenvalue weighted by molar-refractivity contribution is 5.74. The van der Waals surface area contributed by atoms with Gasteiger partial charge in [0.05, 0.1) is 0 Å². The predicted molar refractivity (Wildman–Crippen MR) is 91.1 cm³/mol. The van der Waals surface area contributed by atoms with Crippen LogP contribution in [0, 0.1) is 0 Å². The second kappa shape index (κ2) is 9.46. The number of hydrogen-bond acceptors (Lipinski definition) is 2. The average Bonchev–Trinajstić information content (AvgIpc) is 2.58. The number of aryl methyl sites for hydroxylation is 1. The summed E-state index contributed by atoms with van der Waals surface area (Å²) in [6.07, 6.45) is 5.41. The molecular formula is C18H29N3O. The second-order valence-electron chi connectivity index (χ2n) is 6.04. The lowest BCUT2D eigenvalue weighted by Gasteiger charge is -2.32. The summed E-state index contributed by atoms with van der Waals surface area (Å²) >= 11 is 0. The molecule has 1 aromatic rings. The minimum absolute atomic E-state index is 0.101. The SMILES string of the molecule is CCCNC(=O)N1CCC(NCCCc2ccccc2)CC1. The number of piperidine rings is 1. The maximum atomic E-state index is 11.9. The first kappa shape index (κ1) is 16.8. The molecule has 0 aromatic heterocycles. The van der Waals surface area contributed by atoms with E-state index in [1.807, 2.05) is 4.90 Å².